The lowest BCUT2D eigenvalue weighted by Gasteiger charge is -2.40. The van der Waals surface area contributed by atoms with E-state index in [4.69, 9.17) is 5.10 Å². The molecular weight excluding hydrogens is 350 g/mol. The Morgan fingerprint density at radius 2 is 1.75 bits per heavy atom. The summed E-state index contributed by atoms with van der Waals surface area (Å²) in [5.41, 5.74) is 3.42. The van der Waals surface area contributed by atoms with E-state index in [-0.39, 0.29) is 0 Å². The van der Waals surface area contributed by atoms with Gasteiger partial charge in [-0.3, -0.25) is 9.78 Å². The van der Waals surface area contributed by atoms with Crippen LogP contribution in [0, 0.1) is 11.3 Å². The number of para-hydroxylation sites is 2. The molecule has 136 valence electrons. The zero-order valence-electron chi connectivity index (χ0n) is 15.0. The molecule has 2 aromatic carbocycles. The first-order valence-electron chi connectivity index (χ1n) is 8.86. The first-order chi connectivity index (χ1) is 13.8. The summed E-state index contributed by atoms with van der Waals surface area (Å²) in [5.74, 6) is 0. The van der Waals surface area contributed by atoms with Gasteiger partial charge in [-0.05, 0) is 36.4 Å². The van der Waals surface area contributed by atoms with Crippen molar-refractivity contribution in [3.8, 4) is 6.07 Å². The Morgan fingerprint density at radius 3 is 2.46 bits per heavy atom. The van der Waals surface area contributed by atoms with Gasteiger partial charge in [0, 0.05) is 6.20 Å². The van der Waals surface area contributed by atoms with Gasteiger partial charge in [-0.15, -0.1) is 0 Å². The number of carbonyl (C=O) groups is 1. The highest BCUT2D eigenvalue weighted by atomic mass is 16.1. The van der Waals surface area contributed by atoms with Crippen LogP contribution in [0.1, 0.15) is 11.3 Å². The second-order valence-corrected chi connectivity index (χ2v) is 6.25. The van der Waals surface area contributed by atoms with Gasteiger partial charge in [-0.1, -0.05) is 36.4 Å². The van der Waals surface area contributed by atoms with E-state index in [2.05, 4.69) is 11.1 Å². The number of hydrogen-bond donors (Lipinski definition) is 0. The number of nitriles is 1. The largest absolute Gasteiger partial charge is 0.337 e. The molecule has 3 aromatic rings. The van der Waals surface area contributed by atoms with Crippen molar-refractivity contribution in [1.82, 2.24) is 4.98 Å². The van der Waals surface area contributed by atoms with Crippen molar-refractivity contribution in [2.45, 2.75) is 6.17 Å². The first kappa shape index (κ1) is 17.4. The fourth-order valence-electron chi connectivity index (χ4n) is 3.24. The Bertz CT molecular complexity index is 1040. The fourth-order valence-corrected chi connectivity index (χ4v) is 3.24. The van der Waals surface area contributed by atoms with Crippen LogP contribution in [0.3, 0.4) is 0 Å². The number of benzene rings is 2. The number of anilines is 2. The molecule has 1 aliphatic rings. The van der Waals surface area contributed by atoms with Crippen molar-refractivity contribution < 1.29 is 4.79 Å². The second-order valence-electron chi connectivity index (χ2n) is 6.25. The van der Waals surface area contributed by atoms with Gasteiger partial charge in [0.25, 0.3) is 0 Å². The van der Waals surface area contributed by atoms with Crippen molar-refractivity contribution in [2.24, 2.45) is 5.10 Å². The zero-order chi connectivity index (χ0) is 19.3. The molecule has 0 N–H and O–H groups in total. The third kappa shape index (κ3) is 3.21. The number of aromatic nitrogens is 1. The summed E-state index contributed by atoms with van der Waals surface area (Å²) >= 11 is 0. The normalized spacial score (nSPS) is 16.2. The molecule has 0 amide bonds. The zero-order valence-corrected chi connectivity index (χ0v) is 15.0. The average molecular weight is 367 g/mol. The minimum absolute atomic E-state index is 0.364. The molecule has 1 aromatic heterocycles. The summed E-state index contributed by atoms with van der Waals surface area (Å²) in [4.78, 5) is 18.4. The molecule has 1 aliphatic heterocycles. The van der Waals surface area contributed by atoms with E-state index < -0.39 is 6.17 Å². The third-order valence-corrected chi connectivity index (χ3v) is 4.56. The van der Waals surface area contributed by atoms with Crippen LogP contribution in [0.15, 0.2) is 84.1 Å². The molecule has 28 heavy (non-hydrogen) atoms. The molecule has 0 aliphatic carbocycles. The predicted molar refractivity (Wildman–Crippen MR) is 108 cm³/mol. The molecule has 6 nitrogen and oxygen atoms in total. The molecule has 0 spiro atoms. The molecule has 0 fully saturated rings. The second kappa shape index (κ2) is 7.72. The van der Waals surface area contributed by atoms with Gasteiger partial charge in [-0.2, -0.15) is 10.4 Å². The van der Waals surface area contributed by atoms with E-state index in [1.807, 2.05) is 71.6 Å². The van der Waals surface area contributed by atoms with E-state index >= 15 is 0 Å². The number of pyridine rings is 1. The Kier molecular flexibility index (Phi) is 4.81. The minimum atomic E-state index is -0.677. The lowest BCUT2D eigenvalue weighted by atomic mass is 10.1. The van der Waals surface area contributed by atoms with E-state index in [9.17, 15) is 10.1 Å². The van der Waals surface area contributed by atoms with Crippen LogP contribution in [-0.2, 0) is 4.79 Å². The molecule has 1 atom stereocenters. The van der Waals surface area contributed by atoms with Crippen LogP contribution in [0.2, 0.25) is 0 Å². The lowest BCUT2D eigenvalue weighted by molar-refractivity contribution is -0.109. The smallest absolute Gasteiger partial charge is 0.180 e. The van der Waals surface area contributed by atoms with Gasteiger partial charge < -0.3 is 4.90 Å². The van der Waals surface area contributed by atoms with E-state index in [0.717, 1.165) is 23.4 Å². The molecule has 1 unspecified atom stereocenters. The highest BCUT2D eigenvalue weighted by Gasteiger charge is 2.33. The molecule has 6 heteroatoms. The standard InChI is InChI=1S/C22H17N5O/c23-14-17-8-4-5-12-21(17)26-15-20(19-11-6-7-13-24-19)25-27(22(26)16-28)18-9-2-1-3-10-18/h1-13,16,22H,15H2. The molecule has 2 heterocycles. The molecule has 0 saturated heterocycles. The van der Waals surface area contributed by atoms with Crippen molar-refractivity contribution in [3.05, 3.63) is 90.3 Å². The maximum atomic E-state index is 12.1. The number of hydrogen-bond acceptors (Lipinski definition) is 6. The first-order valence-corrected chi connectivity index (χ1v) is 8.86. The van der Waals surface area contributed by atoms with Crippen molar-refractivity contribution in [3.63, 3.8) is 0 Å². The summed E-state index contributed by atoms with van der Waals surface area (Å²) in [6.07, 6.45) is 1.88. The Balaban J connectivity index is 1.87. The highest BCUT2D eigenvalue weighted by Crippen LogP contribution is 2.29. The number of carbonyl (C=O) groups excluding carboxylic acids is 1. The Morgan fingerprint density at radius 1 is 1.00 bits per heavy atom. The van der Waals surface area contributed by atoms with Crippen LogP contribution >= 0.6 is 0 Å². The summed E-state index contributed by atoms with van der Waals surface area (Å²) in [5, 5.41) is 16.0. The highest BCUT2D eigenvalue weighted by molar-refractivity contribution is 6.04. The van der Waals surface area contributed by atoms with Crippen molar-refractivity contribution >= 4 is 23.4 Å². The van der Waals surface area contributed by atoms with Crippen molar-refractivity contribution in [2.75, 3.05) is 16.5 Å². The quantitative estimate of drug-likeness (QED) is 0.662. The summed E-state index contributed by atoms with van der Waals surface area (Å²) in [6, 6.07) is 24.6. The van der Waals surface area contributed by atoms with Crippen LogP contribution in [0.4, 0.5) is 11.4 Å². The summed E-state index contributed by atoms with van der Waals surface area (Å²) < 4.78 is 0. The number of nitrogens with zero attached hydrogens (tertiary/aromatic N) is 5. The average Bonchev–Trinajstić information content (AvgIpc) is 2.79. The van der Waals surface area contributed by atoms with Crippen molar-refractivity contribution in [1.29, 1.82) is 5.26 Å². The minimum Gasteiger partial charge on any atom is -0.337 e. The third-order valence-electron chi connectivity index (χ3n) is 4.56. The van der Waals surface area contributed by atoms with Gasteiger partial charge >= 0.3 is 0 Å². The summed E-state index contributed by atoms with van der Waals surface area (Å²) in [7, 11) is 0. The molecule has 0 saturated carbocycles. The molecule has 0 bridgehead atoms. The van der Waals surface area contributed by atoms with Crippen LogP contribution in [0.5, 0.6) is 0 Å². The fraction of sp³-hybridized carbons (Fsp3) is 0.0909. The van der Waals surface area contributed by atoms with Crippen LogP contribution in [-0.4, -0.2) is 29.7 Å². The van der Waals surface area contributed by atoms with E-state index in [1.165, 1.54) is 0 Å². The predicted octanol–water partition coefficient (Wildman–Crippen LogP) is 3.21. The van der Waals surface area contributed by atoms with E-state index in [0.29, 0.717) is 17.8 Å². The Labute approximate surface area is 163 Å². The Hall–Kier alpha value is -3.98. The van der Waals surface area contributed by atoms with Gasteiger partial charge in [0.05, 0.1) is 29.2 Å². The number of aldehydes is 1. The van der Waals surface area contributed by atoms with Crippen LogP contribution < -0.4 is 9.91 Å². The molecule has 4 rings (SSSR count). The summed E-state index contributed by atoms with van der Waals surface area (Å²) in [6.45, 7) is 0.364. The van der Waals surface area contributed by atoms with Gasteiger partial charge in [0.15, 0.2) is 12.5 Å². The topological polar surface area (TPSA) is 72.6 Å². The number of rotatable bonds is 4. The SMILES string of the molecule is N#Cc1ccccc1N1CC(c2ccccn2)=NN(c2ccccc2)C1C=O. The number of hydrazone groups is 1. The van der Waals surface area contributed by atoms with Gasteiger partial charge in [0.2, 0.25) is 0 Å². The maximum absolute atomic E-state index is 12.1. The monoisotopic (exact) mass is 367 g/mol. The van der Waals surface area contributed by atoms with Gasteiger partial charge in [-0.25, -0.2) is 5.01 Å². The maximum Gasteiger partial charge on any atom is 0.180 e. The van der Waals surface area contributed by atoms with Gasteiger partial charge in [0.1, 0.15) is 11.8 Å². The van der Waals surface area contributed by atoms with Crippen LogP contribution in [0.25, 0.3) is 0 Å². The lowest BCUT2D eigenvalue weighted by Crippen LogP contribution is -2.54. The van der Waals surface area contributed by atoms with E-state index in [1.54, 1.807) is 17.3 Å². The molecular formula is C22H17N5O. The molecule has 0 radical (unpaired) electrons.